The standard InChI is InChI=1S/C32H33NO6/c1-5-6-16-38-23-9-7-8-22(19-23)29-28-30(34)24-17-20(2)10-12-25(24)39-31(28)32(35)33(29)15-14-21-11-13-26(36-3)27(18-21)37-4/h7-13,17-19,29H,5-6,14-16H2,1-4H3. The zero-order valence-electron chi connectivity index (χ0n) is 22.8. The van der Waals surface area contributed by atoms with Crippen LogP contribution in [-0.4, -0.2) is 38.2 Å². The van der Waals surface area contributed by atoms with E-state index in [2.05, 4.69) is 6.92 Å². The van der Waals surface area contributed by atoms with E-state index in [-0.39, 0.29) is 17.1 Å². The Hall–Kier alpha value is -4.26. The van der Waals surface area contributed by atoms with E-state index in [1.807, 2.05) is 61.5 Å². The molecule has 0 bridgehead atoms. The maximum atomic E-state index is 13.9. The van der Waals surface area contributed by atoms with Gasteiger partial charge in [0, 0.05) is 6.54 Å². The third-order valence-electron chi connectivity index (χ3n) is 7.15. The summed E-state index contributed by atoms with van der Waals surface area (Å²) in [6.07, 6.45) is 2.53. The third-order valence-corrected chi connectivity index (χ3v) is 7.15. The molecule has 1 aromatic heterocycles. The van der Waals surface area contributed by atoms with Crippen LogP contribution in [0.15, 0.2) is 69.9 Å². The molecule has 1 atom stereocenters. The quantitative estimate of drug-likeness (QED) is 0.233. The highest BCUT2D eigenvalue weighted by Crippen LogP contribution is 2.39. The lowest BCUT2D eigenvalue weighted by atomic mass is 9.97. The Morgan fingerprint density at radius 1 is 0.949 bits per heavy atom. The highest BCUT2D eigenvalue weighted by atomic mass is 16.5. The van der Waals surface area contributed by atoms with Crippen LogP contribution in [0.3, 0.4) is 0 Å². The molecule has 1 unspecified atom stereocenters. The van der Waals surface area contributed by atoms with Crippen molar-refractivity contribution in [2.24, 2.45) is 0 Å². The minimum absolute atomic E-state index is 0.103. The fraction of sp³-hybridized carbons (Fsp3) is 0.312. The summed E-state index contributed by atoms with van der Waals surface area (Å²) in [5.74, 6) is 1.78. The van der Waals surface area contributed by atoms with Crippen molar-refractivity contribution < 1.29 is 23.4 Å². The maximum absolute atomic E-state index is 13.9. The first kappa shape index (κ1) is 26.4. The number of carbonyl (C=O) groups excluding carboxylic acids is 1. The number of fused-ring (bicyclic) bond motifs is 2. The van der Waals surface area contributed by atoms with Gasteiger partial charge in [-0.1, -0.05) is 43.2 Å². The predicted octanol–water partition coefficient (Wildman–Crippen LogP) is 6.09. The Labute approximate surface area is 227 Å². The molecule has 202 valence electrons. The van der Waals surface area contributed by atoms with Crippen LogP contribution < -0.4 is 19.6 Å². The third kappa shape index (κ3) is 5.09. The minimum Gasteiger partial charge on any atom is -0.494 e. The number of unbranched alkanes of at least 4 members (excludes halogenated alkanes) is 1. The van der Waals surface area contributed by atoms with Gasteiger partial charge in [0.25, 0.3) is 5.91 Å². The largest absolute Gasteiger partial charge is 0.494 e. The Morgan fingerprint density at radius 3 is 2.54 bits per heavy atom. The highest BCUT2D eigenvalue weighted by Gasteiger charge is 2.42. The first-order valence-corrected chi connectivity index (χ1v) is 13.3. The van der Waals surface area contributed by atoms with Crippen LogP contribution >= 0.6 is 0 Å². The fourth-order valence-electron chi connectivity index (χ4n) is 5.11. The molecule has 2 heterocycles. The van der Waals surface area contributed by atoms with Crippen LogP contribution in [0, 0.1) is 6.92 Å². The molecule has 4 aromatic rings. The fourth-order valence-corrected chi connectivity index (χ4v) is 5.11. The molecule has 0 saturated carbocycles. The molecule has 3 aromatic carbocycles. The van der Waals surface area contributed by atoms with Crippen molar-refractivity contribution in [3.8, 4) is 17.2 Å². The van der Waals surface area contributed by atoms with Crippen LogP contribution in [0.5, 0.6) is 17.2 Å². The smallest absolute Gasteiger partial charge is 0.290 e. The van der Waals surface area contributed by atoms with E-state index < -0.39 is 6.04 Å². The van der Waals surface area contributed by atoms with E-state index in [0.717, 1.165) is 29.5 Å². The van der Waals surface area contributed by atoms with Crippen molar-refractivity contribution in [3.05, 3.63) is 98.9 Å². The molecular formula is C32H33NO6. The van der Waals surface area contributed by atoms with Gasteiger partial charge >= 0.3 is 0 Å². The molecule has 5 rings (SSSR count). The topological polar surface area (TPSA) is 78.2 Å². The molecule has 39 heavy (non-hydrogen) atoms. The van der Waals surface area contributed by atoms with Crippen molar-refractivity contribution in [1.29, 1.82) is 0 Å². The second kappa shape index (κ2) is 11.2. The van der Waals surface area contributed by atoms with Crippen molar-refractivity contribution in [3.63, 3.8) is 0 Å². The summed E-state index contributed by atoms with van der Waals surface area (Å²) in [5.41, 5.74) is 3.34. The zero-order chi connectivity index (χ0) is 27.5. The lowest BCUT2D eigenvalue weighted by Crippen LogP contribution is -2.31. The van der Waals surface area contributed by atoms with Crippen molar-refractivity contribution in [2.45, 2.75) is 39.2 Å². The summed E-state index contributed by atoms with van der Waals surface area (Å²) in [6, 6.07) is 18.2. The van der Waals surface area contributed by atoms with Gasteiger partial charge in [-0.25, -0.2) is 0 Å². The summed E-state index contributed by atoms with van der Waals surface area (Å²) in [4.78, 5) is 29.4. The Morgan fingerprint density at radius 2 is 1.77 bits per heavy atom. The normalized spacial score (nSPS) is 14.5. The number of amides is 1. The molecule has 0 N–H and O–H groups in total. The Bertz CT molecular complexity index is 1570. The average molecular weight is 528 g/mol. The SMILES string of the molecule is CCCCOc1cccc(C2c3c(oc4ccc(C)cc4c3=O)C(=O)N2CCc2ccc(OC)c(OC)c2)c1. The monoisotopic (exact) mass is 527 g/mol. The van der Waals surface area contributed by atoms with Crippen molar-refractivity contribution in [1.82, 2.24) is 4.90 Å². The molecule has 0 aliphatic carbocycles. The summed E-state index contributed by atoms with van der Waals surface area (Å²) in [5, 5.41) is 0.476. The number of ether oxygens (including phenoxy) is 3. The molecule has 7 heteroatoms. The molecule has 0 spiro atoms. The second-order valence-corrected chi connectivity index (χ2v) is 9.79. The van der Waals surface area contributed by atoms with Gasteiger partial charge in [-0.2, -0.15) is 0 Å². The van der Waals surface area contributed by atoms with Gasteiger partial charge in [-0.3, -0.25) is 9.59 Å². The first-order valence-electron chi connectivity index (χ1n) is 13.3. The highest BCUT2D eigenvalue weighted by molar-refractivity contribution is 5.99. The first-order chi connectivity index (χ1) is 18.9. The Balaban J connectivity index is 1.57. The van der Waals surface area contributed by atoms with E-state index in [4.69, 9.17) is 18.6 Å². The van der Waals surface area contributed by atoms with Gasteiger partial charge < -0.3 is 23.5 Å². The number of carbonyl (C=O) groups is 1. The summed E-state index contributed by atoms with van der Waals surface area (Å²) >= 11 is 0. The zero-order valence-corrected chi connectivity index (χ0v) is 22.8. The number of hydrogen-bond donors (Lipinski definition) is 0. The van der Waals surface area contributed by atoms with Gasteiger partial charge in [-0.15, -0.1) is 0 Å². The minimum atomic E-state index is -0.594. The van der Waals surface area contributed by atoms with E-state index >= 15 is 0 Å². The van der Waals surface area contributed by atoms with Crippen LogP contribution in [0.1, 0.15) is 58.6 Å². The molecule has 7 nitrogen and oxygen atoms in total. The maximum Gasteiger partial charge on any atom is 0.290 e. The lowest BCUT2D eigenvalue weighted by Gasteiger charge is -2.25. The van der Waals surface area contributed by atoms with E-state index in [0.29, 0.717) is 53.4 Å². The van der Waals surface area contributed by atoms with E-state index in [9.17, 15) is 9.59 Å². The van der Waals surface area contributed by atoms with Gasteiger partial charge in [0.2, 0.25) is 5.76 Å². The molecule has 1 amide bonds. The van der Waals surface area contributed by atoms with Crippen molar-refractivity contribution in [2.75, 3.05) is 27.4 Å². The molecule has 1 aliphatic heterocycles. The van der Waals surface area contributed by atoms with Crippen LogP contribution in [0.4, 0.5) is 0 Å². The summed E-state index contributed by atoms with van der Waals surface area (Å²) in [7, 11) is 3.19. The van der Waals surface area contributed by atoms with Crippen LogP contribution in [0.25, 0.3) is 11.0 Å². The molecule has 1 aliphatic rings. The number of benzene rings is 3. The summed E-state index contributed by atoms with van der Waals surface area (Å²) in [6.45, 7) is 5.03. The molecule has 0 saturated heterocycles. The van der Waals surface area contributed by atoms with Crippen LogP contribution in [-0.2, 0) is 6.42 Å². The van der Waals surface area contributed by atoms with Gasteiger partial charge in [-0.05, 0) is 67.3 Å². The molecule has 0 fully saturated rings. The van der Waals surface area contributed by atoms with Gasteiger partial charge in [0.1, 0.15) is 11.3 Å². The number of rotatable bonds is 10. The second-order valence-electron chi connectivity index (χ2n) is 9.79. The number of aryl methyl sites for hydroxylation is 1. The molecule has 0 radical (unpaired) electrons. The number of methoxy groups -OCH3 is 2. The lowest BCUT2D eigenvalue weighted by molar-refractivity contribution is 0.0729. The van der Waals surface area contributed by atoms with Gasteiger partial charge in [0.15, 0.2) is 16.9 Å². The predicted molar refractivity (Wildman–Crippen MR) is 150 cm³/mol. The van der Waals surface area contributed by atoms with E-state index in [1.54, 1.807) is 25.2 Å². The van der Waals surface area contributed by atoms with Gasteiger partial charge in [0.05, 0.1) is 37.8 Å². The van der Waals surface area contributed by atoms with E-state index in [1.165, 1.54) is 0 Å². The number of nitrogens with zero attached hydrogens (tertiary/aromatic N) is 1. The Kier molecular flexibility index (Phi) is 7.59. The average Bonchev–Trinajstić information content (AvgIpc) is 3.23. The molecular weight excluding hydrogens is 494 g/mol. The van der Waals surface area contributed by atoms with Crippen LogP contribution in [0.2, 0.25) is 0 Å². The van der Waals surface area contributed by atoms with Crippen molar-refractivity contribution >= 4 is 16.9 Å². The number of hydrogen-bond acceptors (Lipinski definition) is 6. The summed E-state index contributed by atoms with van der Waals surface area (Å²) < 4.78 is 22.9.